The van der Waals surface area contributed by atoms with Gasteiger partial charge in [0.15, 0.2) is 0 Å². The zero-order valence-corrected chi connectivity index (χ0v) is 13.1. The molecule has 0 radical (unpaired) electrons. The molecule has 1 amide bonds. The van der Waals surface area contributed by atoms with Gasteiger partial charge in [0.2, 0.25) is 5.91 Å². The maximum absolute atomic E-state index is 13.8. The first-order valence-corrected chi connectivity index (χ1v) is 8.46. The van der Waals surface area contributed by atoms with E-state index in [1.165, 1.54) is 12.1 Å². The Kier molecular flexibility index (Phi) is 4.95. The fraction of sp³-hybridized carbons (Fsp3) is 0.611. The van der Waals surface area contributed by atoms with Crippen LogP contribution < -0.4 is 5.32 Å². The van der Waals surface area contributed by atoms with Gasteiger partial charge in [0.1, 0.15) is 11.6 Å². The van der Waals surface area contributed by atoms with Crippen LogP contribution in [0.2, 0.25) is 0 Å². The molecular formula is C18H23F2NO2. The number of hydrogen-bond donors (Lipinski definition) is 2. The Bertz CT molecular complexity index is 578. The molecule has 5 heteroatoms. The molecule has 126 valence electrons. The molecule has 23 heavy (non-hydrogen) atoms. The highest BCUT2D eigenvalue weighted by Crippen LogP contribution is 2.48. The van der Waals surface area contributed by atoms with Crippen molar-refractivity contribution < 1.29 is 18.7 Å². The SMILES string of the molecule is O=C(NC1CCCCCC1CO)C1CC1c1ccc(F)cc1F. The van der Waals surface area contributed by atoms with Crippen LogP contribution >= 0.6 is 0 Å². The number of nitrogens with one attached hydrogen (secondary N) is 1. The average molecular weight is 323 g/mol. The maximum atomic E-state index is 13.8. The predicted molar refractivity (Wildman–Crippen MR) is 82.8 cm³/mol. The number of hydrogen-bond acceptors (Lipinski definition) is 2. The van der Waals surface area contributed by atoms with Crippen molar-refractivity contribution in [2.24, 2.45) is 11.8 Å². The second-order valence-electron chi connectivity index (χ2n) is 6.81. The van der Waals surface area contributed by atoms with Gasteiger partial charge in [-0.1, -0.05) is 25.3 Å². The standard InChI is InChI=1S/C18H23F2NO2/c19-12-6-7-13(16(20)8-12)14-9-15(14)18(23)21-17-5-3-1-2-4-11(17)10-22/h6-8,11,14-15,17,22H,1-5,9-10H2,(H,21,23). The number of benzene rings is 1. The summed E-state index contributed by atoms with van der Waals surface area (Å²) in [6.07, 6.45) is 5.70. The van der Waals surface area contributed by atoms with Crippen molar-refractivity contribution in [3.05, 3.63) is 35.4 Å². The van der Waals surface area contributed by atoms with E-state index in [1.807, 2.05) is 0 Å². The summed E-state index contributed by atoms with van der Waals surface area (Å²) in [5.74, 6) is -1.53. The summed E-state index contributed by atoms with van der Waals surface area (Å²) < 4.78 is 26.8. The van der Waals surface area contributed by atoms with Crippen LogP contribution in [-0.2, 0) is 4.79 Å². The van der Waals surface area contributed by atoms with Crippen molar-refractivity contribution in [1.29, 1.82) is 0 Å². The van der Waals surface area contributed by atoms with E-state index in [2.05, 4.69) is 5.32 Å². The molecule has 2 N–H and O–H groups in total. The quantitative estimate of drug-likeness (QED) is 0.837. The van der Waals surface area contributed by atoms with Crippen molar-refractivity contribution in [3.63, 3.8) is 0 Å². The highest BCUT2D eigenvalue weighted by molar-refractivity contribution is 5.83. The van der Waals surface area contributed by atoms with Gasteiger partial charge in [0.25, 0.3) is 0 Å². The van der Waals surface area contributed by atoms with Gasteiger partial charge in [-0.15, -0.1) is 0 Å². The van der Waals surface area contributed by atoms with Crippen molar-refractivity contribution in [1.82, 2.24) is 5.32 Å². The maximum Gasteiger partial charge on any atom is 0.223 e. The lowest BCUT2D eigenvalue weighted by Gasteiger charge is -2.24. The summed E-state index contributed by atoms with van der Waals surface area (Å²) in [6.45, 7) is 0.0889. The number of rotatable bonds is 4. The van der Waals surface area contributed by atoms with Crippen molar-refractivity contribution in [2.75, 3.05) is 6.61 Å². The first-order valence-electron chi connectivity index (χ1n) is 8.46. The largest absolute Gasteiger partial charge is 0.396 e. The molecule has 1 aromatic rings. The van der Waals surface area contributed by atoms with E-state index in [9.17, 15) is 18.7 Å². The molecule has 0 aromatic heterocycles. The minimum absolute atomic E-state index is 0.00862. The van der Waals surface area contributed by atoms with Crippen LogP contribution in [0.1, 0.15) is 50.0 Å². The summed E-state index contributed by atoms with van der Waals surface area (Å²) in [5.41, 5.74) is 0.422. The Hall–Kier alpha value is -1.49. The van der Waals surface area contributed by atoms with Gasteiger partial charge in [0.05, 0.1) is 0 Å². The molecule has 3 rings (SSSR count). The average Bonchev–Trinajstić information content (AvgIpc) is 3.31. The monoisotopic (exact) mass is 323 g/mol. The van der Waals surface area contributed by atoms with Gasteiger partial charge in [-0.25, -0.2) is 8.78 Å². The van der Waals surface area contributed by atoms with Gasteiger partial charge >= 0.3 is 0 Å². The summed E-state index contributed by atoms with van der Waals surface area (Å²) in [4.78, 5) is 12.4. The number of aliphatic hydroxyl groups excluding tert-OH is 1. The van der Waals surface area contributed by atoms with Crippen LogP contribution in [-0.4, -0.2) is 23.7 Å². The number of halogens is 2. The molecular weight excluding hydrogens is 300 g/mol. The van der Waals surface area contributed by atoms with Crippen LogP contribution in [0.3, 0.4) is 0 Å². The van der Waals surface area contributed by atoms with E-state index in [0.29, 0.717) is 12.0 Å². The second-order valence-corrected chi connectivity index (χ2v) is 6.81. The van der Waals surface area contributed by atoms with Gasteiger partial charge in [-0.05, 0) is 36.8 Å². The van der Waals surface area contributed by atoms with Gasteiger partial charge < -0.3 is 10.4 Å². The Labute approximate surface area is 135 Å². The first kappa shape index (κ1) is 16.4. The predicted octanol–water partition coefficient (Wildman–Crippen LogP) is 3.13. The second kappa shape index (κ2) is 6.95. The van der Waals surface area contributed by atoms with E-state index in [-0.39, 0.29) is 36.3 Å². The molecule has 0 saturated heterocycles. The van der Waals surface area contributed by atoms with E-state index >= 15 is 0 Å². The Morgan fingerprint density at radius 3 is 2.74 bits per heavy atom. The number of carbonyl (C=O) groups is 1. The number of carbonyl (C=O) groups excluding carboxylic acids is 1. The molecule has 0 bridgehead atoms. The van der Waals surface area contributed by atoms with Gasteiger partial charge in [-0.3, -0.25) is 4.79 Å². The number of amides is 1. The Morgan fingerprint density at radius 1 is 1.22 bits per heavy atom. The fourth-order valence-corrected chi connectivity index (χ4v) is 3.71. The minimum atomic E-state index is -0.600. The van der Waals surface area contributed by atoms with Crippen LogP contribution in [0.4, 0.5) is 8.78 Å². The molecule has 4 atom stereocenters. The zero-order chi connectivity index (χ0) is 16.4. The first-order chi connectivity index (χ1) is 11.1. The fourth-order valence-electron chi connectivity index (χ4n) is 3.71. The van der Waals surface area contributed by atoms with E-state index < -0.39 is 11.6 Å². The van der Waals surface area contributed by atoms with E-state index in [1.54, 1.807) is 0 Å². The summed E-state index contributed by atoms with van der Waals surface area (Å²) in [7, 11) is 0. The molecule has 2 fully saturated rings. The lowest BCUT2D eigenvalue weighted by atomic mass is 9.95. The van der Waals surface area contributed by atoms with Crippen LogP contribution in [0.15, 0.2) is 18.2 Å². The van der Waals surface area contributed by atoms with Crippen LogP contribution in [0, 0.1) is 23.5 Å². The van der Waals surface area contributed by atoms with E-state index in [0.717, 1.165) is 38.2 Å². The van der Waals surface area contributed by atoms with E-state index in [4.69, 9.17) is 0 Å². The third kappa shape index (κ3) is 3.71. The summed E-state index contributed by atoms with van der Waals surface area (Å²) in [6, 6.07) is 3.55. The zero-order valence-electron chi connectivity index (χ0n) is 13.1. The van der Waals surface area contributed by atoms with Gasteiger partial charge in [-0.2, -0.15) is 0 Å². The van der Waals surface area contributed by atoms with Gasteiger partial charge in [0, 0.05) is 30.6 Å². The molecule has 2 aliphatic rings. The minimum Gasteiger partial charge on any atom is -0.396 e. The molecule has 2 saturated carbocycles. The molecule has 1 aromatic carbocycles. The van der Waals surface area contributed by atoms with Crippen LogP contribution in [0.5, 0.6) is 0 Å². The molecule has 0 heterocycles. The summed E-state index contributed by atoms with van der Waals surface area (Å²) in [5, 5.41) is 12.6. The smallest absolute Gasteiger partial charge is 0.223 e. The van der Waals surface area contributed by atoms with Crippen molar-refractivity contribution in [3.8, 4) is 0 Å². The molecule has 2 aliphatic carbocycles. The molecule has 3 nitrogen and oxygen atoms in total. The normalized spacial score (nSPS) is 30.6. The Balaban J connectivity index is 1.61. The highest BCUT2D eigenvalue weighted by atomic mass is 19.1. The Morgan fingerprint density at radius 2 is 2.00 bits per heavy atom. The molecule has 0 spiro atoms. The van der Waals surface area contributed by atoms with Crippen LogP contribution in [0.25, 0.3) is 0 Å². The lowest BCUT2D eigenvalue weighted by Crippen LogP contribution is -2.42. The topological polar surface area (TPSA) is 49.3 Å². The number of aliphatic hydroxyl groups is 1. The third-order valence-corrected chi connectivity index (χ3v) is 5.21. The lowest BCUT2D eigenvalue weighted by molar-refractivity contribution is -0.123. The van der Waals surface area contributed by atoms with Crippen molar-refractivity contribution >= 4 is 5.91 Å². The van der Waals surface area contributed by atoms with Crippen molar-refractivity contribution in [2.45, 2.75) is 50.5 Å². The molecule has 4 unspecified atom stereocenters. The molecule has 0 aliphatic heterocycles. The highest BCUT2D eigenvalue weighted by Gasteiger charge is 2.46. The summed E-state index contributed by atoms with van der Waals surface area (Å²) >= 11 is 0. The third-order valence-electron chi connectivity index (χ3n) is 5.21.